The van der Waals surface area contributed by atoms with Crippen molar-refractivity contribution in [1.29, 1.82) is 0 Å². The third kappa shape index (κ3) is 4.71. The molecule has 0 aliphatic heterocycles. The van der Waals surface area contributed by atoms with Crippen molar-refractivity contribution in [3.8, 4) is 39.1 Å². The maximum atomic E-state index is 6.69. The lowest BCUT2D eigenvalue weighted by Gasteiger charge is -2.34. The largest absolute Gasteiger partial charge is 0.460 e. The highest BCUT2D eigenvalue weighted by Crippen LogP contribution is 2.58. The van der Waals surface area contributed by atoms with E-state index in [1.54, 1.807) is 0 Å². The zero-order valence-corrected chi connectivity index (χ0v) is 31.3. The van der Waals surface area contributed by atoms with E-state index in [1.165, 1.54) is 88.4 Å². The number of hydrogen-bond donors (Lipinski definition) is 0. The molecule has 2 nitrogen and oxygen atoms in total. The van der Waals surface area contributed by atoms with E-state index in [0.29, 0.717) is 0 Å². The van der Waals surface area contributed by atoms with Crippen molar-refractivity contribution < 1.29 is 4.42 Å². The third-order valence-corrected chi connectivity index (χ3v) is 12.5. The van der Waals surface area contributed by atoms with E-state index in [2.05, 4.69) is 205 Å². The maximum Gasteiger partial charge on any atom is 0.135 e. The van der Waals surface area contributed by atoms with Crippen molar-refractivity contribution in [2.75, 3.05) is 0 Å². The van der Waals surface area contributed by atoms with Gasteiger partial charge in [0.1, 0.15) is 11.3 Å². The highest BCUT2D eigenvalue weighted by atomic mass is 16.3. The Balaban J connectivity index is 1.16. The number of rotatable bonds is 5. The van der Waals surface area contributed by atoms with Gasteiger partial charge in [-0.25, -0.2) is 0 Å². The predicted molar refractivity (Wildman–Crippen MR) is 236 cm³/mol. The molecule has 0 spiro atoms. The van der Waals surface area contributed by atoms with Crippen molar-refractivity contribution in [1.82, 2.24) is 4.57 Å². The quantitative estimate of drug-likeness (QED) is 0.173. The van der Waals surface area contributed by atoms with Crippen molar-refractivity contribution >= 4 is 38.9 Å². The summed E-state index contributed by atoms with van der Waals surface area (Å²) in [5, 5.41) is 3.67. The van der Waals surface area contributed by atoms with Gasteiger partial charge in [-0.2, -0.15) is 0 Å². The summed E-state index contributed by atoms with van der Waals surface area (Å²) in [6.07, 6.45) is 6.48. The molecular weight excluding hydrogens is 691 g/mol. The summed E-state index contributed by atoms with van der Waals surface area (Å²) < 4.78 is 9.16. The molecule has 2 heteroatoms. The molecule has 0 saturated carbocycles. The minimum Gasteiger partial charge on any atom is -0.460 e. The second kappa shape index (κ2) is 12.4. The third-order valence-electron chi connectivity index (χ3n) is 12.5. The Hall–Kier alpha value is -7.16. The van der Waals surface area contributed by atoms with Crippen LogP contribution in [0.3, 0.4) is 0 Å². The number of hydrogen-bond acceptors (Lipinski definition) is 1. The second-order valence-corrected chi connectivity index (χ2v) is 15.5. The molecule has 12 rings (SSSR count). The molecule has 0 radical (unpaired) electrons. The van der Waals surface area contributed by atoms with Gasteiger partial charge in [0.2, 0.25) is 0 Å². The molecule has 0 unspecified atom stereocenters. The van der Waals surface area contributed by atoms with Gasteiger partial charge in [-0.15, -0.1) is 0 Å². The lowest BCUT2D eigenvalue weighted by Crippen LogP contribution is -2.28. The fraction of sp³-hybridized carbons (Fsp3) is 0.0545. The molecule has 10 aromatic rings. The van der Waals surface area contributed by atoms with Crippen molar-refractivity contribution in [3.05, 3.63) is 228 Å². The van der Waals surface area contributed by atoms with Gasteiger partial charge in [0.25, 0.3) is 0 Å². The van der Waals surface area contributed by atoms with Gasteiger partial charge in [0, 0.05) is 33.8 Å². The van der Waals surface area contributed by atoms with Crippen LogP contribution < -0.4 is 0 Å². The molecule has 0 fully saturated rings. The number of allylic oxidation sites excluding steroid dienone is 1. The molecule has 57 heavy (non-hydrogen) atoms. The molecule has 0 amide bonds. The predicted octanol–water partition coefficient (Wildman–Crippen LogP) is 14.2. The number of fused-ring (bicyclic) bond motifs is 9. The van der Waals surface area contributed by atoms with Crippen molar-refractivity contribution in [2.24, 2.45) is 0 Å². The molecule has 0 atom stereocenters. The summed E-state index contributed by atoms with van der Waals surface area (Å²) in [4.78, 5) is 0. The van der Waals surface area contributed by atoms with Crippen LogP contribution in [0.2, 0.25) is 0 Å². The van der Waals surface area contributed by atoms with Gasteiger partial charge >= 0.3 is 0 Å². The van der Waals surface area contributed by atoms with E-state index in [4.69, 9.17) is 4.42 Å². The van der Waals surface area contributed by atoms with Crippen LogP contribution >= 0.6 is 0 Å². The van der Waals surface area contributed by atoms with Gasteiger partial charge in [-0.1, -0.05) is 152 Å². The van der Waals surface area contributed by atoms with Gasteiger partial charge < -0.3 is 8.98 Å². The van der Waals surface area contributed by atoms with E-state index >= 15 is 0 Å². The van der Waals surface area contributed by atoms with Crippen LogP contribution in [0.25, 0.3) is 77.9 Å². The zero-order chi connectivity index (χ0) is 37.5. The number of aromatic nitrogens is 1. The summed E-state index contributed by atoms with van der Waals surface area (Å²) in [7, 11) is 0. The smallest absolute Gasteiger partial charge is 0.135 e. The topological polar surface area (TPSA) is 18.1 Å². The highest BCUT2D eigenvalue weighted by molar-refractivity contribution is 6.12. The van der Waals surface area contributed by atoms with E-state index < -0.39 is 5.41 Å². The maximum absolute atomic E-state index is 6.69. The Bertz CT molecular complexity index is 3070. The molecular formula is C55H37NO. The summed E-state index contributed by atoms with van der Waals surface area (Å²) in [5.41, 5.74) is 17.5. The van der Waals surface area contributed by atoms with Crippen LogP contribution in [-0.4, -0.2) is 4.57 Å². The first kappa shape index (κ1) is 32.1. The van der Waals surface area contributed by atoms with Gasteiger partial charge in [0.15, 0.2) is 0 Å². The minimum absolute atomic E-state index is 0.569. The molecule has 2 aliphatic carbocycles. The van der Waals surface area contributed by atoms with E-state index in [0.717, 1.165) is 29.9 Å². The Labute approximate surface area is 331 Å². The zero-order valence-electron chi connectivity index (χ0n) is 31.3. The first-order valence-electron chi connectivity index (χ1n) is 20.0. The first-order valence-corrected chi connectivity index (χ1v) is 20.0. The molecule has 8 aromatic carbocycles. The summed E-state index contributed by atoms with van der Waals surface area (Å²) in [5.74, 6) is 1.09. The Kier molecular flexibility index (Phi) is 7.00. The van der Waals surface area contributed by atoms with Crippen LogP contribution in [0.1, 0.15) is 40.0 Å². The highest BCUT2D eigenvalue weighted by Gasteiger charge is 2.47. The molecule has 0 N–H and O–H groups in total. The van der Waals surface area contributed by atoms with E-state index in [1.807, 2.05) is 0 Å². The fourth-order valence-electron chi connectivity index (χ4n) is 9.98. The number of nitrogens with zero attached hydrogens (tertiary/aromatic N) is 1. The standard InChI is InChI=1S/C55H37NO/c1-5-15-36(16-6-1)38-25-29-51-46(31-38)47-32-39(37-17-7-2-8-18-37)26-30-52(47)56(51)42-27-28-43-45-34-48-44-23-13-14-24-53(44)57-54(48)35-50(45)55(49(43)33-42,40-19-9-3-10-20-40)41-21-11-4-12-22-41/h1-13,15-23,25-35H,14,24H2. The van der Waals surface area contributed by atoms with Gasteiger partial charge in [0.05, 0.1) is 16.4 Å². The van der Waals surface area contributed by atoms with E-state index in [-0.39, 0.29) is 0 Å². The Morgan fingerprint density at radius 3 is 1.61 bits per heavy atom. The average molecular weight is 728 g/mol. The summed E-state index contributed by atoms with van der Waals surface area (Å²) >= 11 is 0. The molecule has 2 heterocycles. The number of furan rings is 1. The fourth-order valence-corrected chi connectivity index (χ4v) is 9.98. The van der Waals surface area contributed by atoms with Crippen LogP contribution in [0.15, 0.2) is 199 Å². The normalized spacial score (nSPS) is 13.9. The van der Waals surface area contributed by atoms with Gasteiger partial charge in [-0.05, 0) is 111 Å². The SMILES string of the molecule is C1=Cc2c(oc3cc4c(cc23)-c2ccc(-n3c5ccc(-c6ccccc6)cc5c5cc(-c6ccccc6)ccc53)cc2C4(c2ccccc2)c2ccccc2)CC1. The van der Waals surface area contributed by atoms with Crippen LogP contribution in [0, 0.1) is 0 Å². The number of benzene rings is 8. The van der Waals surface area contributed by atoms with Crippen molar-refractivity contribution in [2.45, 2.75) is 18.3 Å². The summed E-state index contributed by atoms with van der Waals surface area (Å²) in [6, 6.07) is 69.5. The lowest BCUT2D eigenvalue weighted by atomic mass is 9.67. The molecule has 2 aromatic heterocycles. The Morgan fingerprint density at radius 1 is 0.456 bits per heavy atom. The monoisotopic (exact) mass is 727 g/mol. The van der Waals surface area contributed by atoms with Crippen LogP contribution in [-0.2, 0) is 11.8 Å². The molecule has 2 aliphatic rings. The van der Waals surface area contributed by atoms with E-state index in [9.17, 15) is 0 Å². The van der Waals surface area contributed by atoms with Crippen LogP contribution in [0.4, 0.5) is 0 Å². The minimum atomic E-state index is -0.569. The molecule has 268 valence electrons. The lowest BCUT2D eigenvalue weighted by molar-refractivity contribution is 0.545. The molecule has 0 bridgehead atoms. The van der Waals surface area contributed by atoms with Crippen LogP contribution in [0.5, 0.6) is 0 Å². The second-order valence-electron chi connectivity index (χ2n) is 15.5. The molecule has 0 saturated heterocycles. The Morgan fingerprint density at radius 2 is 1.02 bits per heavy atom. The average Bonchev–Trinajstić information content (AvgIpc) is 3.91. The van der Waals surface area contributed by atoms with Crippen molar-refractivity contribution in [3.63, 3.8) is 0 Å². The van der Waals surface area contributed by atoms with Gasteiger partial charge in [-0.3, -0.25) is 0 Å². The number of aryl methyl sites for hydroxylation is 1. The summed E-state index contributed by atoms with van der Waals surface area (Å²) in [6.45, 7) is 0. The first-order chi connectivity index (χ1) is 28.3.